The Morgan fingerprint density at radius 1 is 1.14 bits per heavy atom. The first-order valence-corrected chi connectivity index (χ1v) is 11.0. The molecule has 28 heavy (non-hydrogen) atoms. The van der Waals surface area contributed by atoms with Crippen molar-refractivity contribution in [1.82, 2.24) is 10.2 Å². The summed E-state index contributed by atoms with van der Waals surface area (Å²) in [6.07, 6.45) is 1.46. The number of rotatable bonds is 5. The molecule has 2 aliphatic rings. The highest BCUT2D eigenvalue weighted by Gasteiger charge is 2.35. The standard InChI is InChI=1S/C22H28N2O3S/c1-15-9-11-24(12-10-15)17(20-8-5-13-28-20)14-23-22(25)21-16(2)26-18-6-3-4-7-19(18)27-21/h3-8,13,15-17,21H,9-12,14H2,1-2H3,(H,23,25). The Hall–Kier alpha value is -2.05. The fourth-order valence-corrected chi connectivity index (χ4v) is 4.80. The zero-order valence-corrected chi connectivity index (χ0v) is 17.3. The first-order chi connectivity index (χ1) is 13.6. The van der Waals surface area contributed by atoms with E-state index in [1.54, 1.807) is 11.3 Å². The largest absolute Gasteiger partial charge is 0.482 e. The van der Waals surface area contributed by atoms with Gasteiger partial charge in [-0.2, -0.15) is 0 Å². The minimum absolute atomic E-state index is 0.117. The van der Waals surface area contributed by atoms with Crippen molar-refractivity contribution in [2.24, 2.45) is 5.92 Å². The third kappa shape index (κ3) is 4.18. The minimum Gasteiger partial charge on any atom is -0.482 e. The third-order valence-electron chi connectivity index (χ3n) is 5.70. The number of para-hydroxylation sites is 2. The van der Waals surface area contributed by atoms with E-state index < -0.39 is 6.10 Å². The topological polar surface area (TPSA) is 50.8 Å². The number of carbonyl (C=O) groups is 1. The van der Waals surface area contributed by atoms with Gasteiger partial charge in [0.2, 0.25) is 6.10 Å². The number of benzene rings is 1. The monoisotopic (exact) mass is 400 g/mol. The molecule has 0 radical (unpaired) electrons. The van der Waals surface area contributed by atoms with Gasteiger partial charge in [-0.1, -0.05) is 25.1 Å². The second-order valence-electron chi connectivity index (χ2n) is 7.80. The normalized spacial score (nSPS) is 23.9. The number of carbonyl (C=O) groups excluding carboxylic acids is 1. The number of nitrogens with zero attached hydrogens (tertiary/aromatic N) is 1. The maximum Gasteiger partial charge on any atom is 0.265 e. The summed E-state index contributed by atoms with van der Waals surface area (Å²) in [6, 6.07) is 12.0. The Balaban J connectivity index is 1.42. The maximum atomic E-state index is 12.9. The lowest BCUT2D eigenvalue weighted by Crippen LogP contribution is -2.51. The molecular weight excluding hydrogens is 372 g/mol. The molecule has 3 heterocycles. The van der Waals surface area contributed by atoms with Gasteiger partial charge in [-0.3, -0.25) is 9.69 Å². The molecule has 5 nitrogen and oxygen atoms in total. The maximum absolute atomic E-state index is 12.9. The molecule has 1 amide bonds. The van der Waals surface area contributed by atoms with Crippen molar-refractivity contribution >= 4 is 17.2 Å². The highest BCUT2D eigenvalue weighted by Crippen LogP contribution is 2.34. The summed E-state index contributed by atoms with van der Waals surface area (Å²) in [4.78, 5) is 16.7. The van der Waals surface area contributed by atoms with Crippen LogP contribution in [0.1, 0.15) is 37.6 Å². The Bertz CT molecular complexity index is 787. The predicted molar refractivity (Wildman–Crippen MR) is 111 cm³/mol. The molecule has 1 aromatic heterocycles. The van der Waals surface area contributed by atoms with Gasteiger partial charge in [-0.15, -0.1) is 11.3 Å². The van der Waals surface area contributed by atoms with Crippen molar-refractivity contribution in [2.75, 3.05) is 19.6 Å². The first-order valence-electron chi connectivity index (χ1n) is 10.1. The molecule has 0 bridgehead atoms. The number of thiophene rings is 1. The van der Waals surface area contributed by atoms with E-state index >= 15 is 0 Å². The molecule has 1 N–H and O–H groups in total. The predicted octanol–water partition coefficient (Wildman–Crippen LogP) is 3.87. The van der Waals surface area contributed by atoms with Gasteiger partial charge in [0.1, 0.15) is 6.10 Å². The number of hydrogen-bond donors (Lipinski definition) is 1. The van der Waals surface area contributed by atoms with Gasteiger partial charge < -0.3 is 14.8 Å². The van der Waals surface area contributed by atoms with Crippen molar-refractivity contribution in [3.05, 3.63) is 46.7 Å². The summed E-state index contributed by atoms with van der Waals surface area (Å²) in [5.74, 6) is 1.98. The molecule has 0 saturated carbocycles. The first kappa shape index (κ1) is 19.3. The van der Waals surface area contributed by atoms with Gasteiger partial charge >= 0.3 is 0 Å². The minimum atomic E-state index is -0.639. The van der Waals surface area contributed by atoms with Crippen molar-refractivity contribution in [3.63, 3.8) is 0 Å². The van der Waals surface area contributed by atoms with Crippen LogP contribution in [0.4, 0.5) is 0 Å². The van der Waals surface area contributed by atoms with Crippen LogP contribution in [0.3, 0.4) is 0 Å². The number of fused-ring (bicyclic) bond motifs is 1. The Morgan fingerprint density at radius 3 is 2.54 bits per heavy atom. The van der Waals surface area contributed by atoms with Gasteiger partial charge in [-0.25, -0.2) is 0 Å². The zero-order chi connectivity index (χ0) is 19.5. The van der Waals surface area contributed by atoms with Crippen LogP contribution < -0.4 is 14.8 Å². The van der Waals surface area contributed by atoms with E-state index in [4.69, 9.17) is 9.47 Å². The van der Waals surface area contributed by atoms with E-state index in [1.807, 2.05) is 31.2 Å². The van der Waals surface area contributed by atoms with Crippen LogP contribution in [-0.4, -0.2) is 42.6 Å². The van der Waals surface area contributed by atoms with Crippen LogP contribution in [0.15, 0.2) is 41.8 Å². The van der Waals surface area contributed by atoms with Gasteiger partial charge in [-0.05, 0) is 62.4 Å². The summed E-state index contributed by atoms with van der Waals surface area (Å²) in [5, 5.41) is 5.24. The molecule has 1 fully saturated rings. The summed E-state index contributed by atoms with van der Waals surface area (Å²) < 4.78 is 11.8. The second-order valence-corrected chi connectivity index (χ2v) is 8.78. The number of piperidine rings is 1. The molecule has 150 valence electrons. The third-order valence-corrected chi connectivity index (χ3v) is 6.67. The summed E-state index contributed by atoms with van der Waals surface area (Å²) in [7, 11) is 0. The average molecular weight is 401 g/mol. The van der Waals surface area contributed by atoms with Crippen molar-refractivity contribution in [3.8, 4) is 11.5 Å². The van der Waals surface area contributed by atoms with Gasteiger partial charge in [0, 0.05) is 11.4 Å². The van der Waals surface area contributed by atoms with E-state index in [9.17, 15) is 4.79 Å². The molecule has 3 atom stereocenters. The molecule has 3 unspecified atom stereocenters. The Morgan fingerprint density at radius 2 is 1.86 bits per heavy atom. The van der Waals surface area contributed by atoms with E-state index in [1.165, 1.54) is 17.7 Å². The quantitative estimate of drug-likeness (QED) is 0.828. The molecular formula is C22H28N2O3S. The van der Waals surface area contributed by atoms with Crippen LogP contribution in [0.5, 0.6) is 11.5 Å². The lowest BCUT2D eigenvalue weighted by molar-refractivity contribution is -0.133. The molecule has 2 aromatic rings. The van der Waals surface area contributed by atoms with Crippen LogP contribution >= 0.6 is 11.3 Å². The number of hydrogen-bond acceptors (Lipinski definition) is 5. The zero-order valence-electron chi connectivity index (χ0n) is 16.5. The van der Waals surface area contributed by atoms with E-state index in [0.29, 0.717) is 18.0 Å². The van der Waals surface area contributed by atoms with Crippen molar-refractivity contribution in [1.29, 1.82) is 0 Å². The smallest absolute Gasteiger partial charge is 0.265 e. The molecule has 2 aliphatic heterocycles. The summed E-state index contributed by atoms with van der Waals surface area (Å²) >= 11 is 1.76. The highest BCUT2D eigenvalue weighted by molar-refractivity contribution is 7.10. The van der Waals surface area contributed by atoms with Crippen LogP contribution in [0.25, 0.3) is 0 Å². The molecule has 4 rings (SSSR count). The van der Waals surface area contributed by atoms with Gasteiger partial charge in [0.15, 0.2) is 11.5 Å². The van der Waals surface area contributed by atoms with Crippen LogP contribution in [0, 0.1) is 5.92 Å². The Labute approximate surface area is 170 Å². The molecule has 0 spiro atoms. The number of ether oxygens (including phenoxy) is 2. The molecule has 1 saturated heterocycles. The Kier molecular flexibility index (Phi) is 5.87. The number of amides is 1. The SMILES string of the molecule is CC1CCN(C(CNC(=O)C2Oc3ccccc3OC2C)c2cccs2)CC1. The fraction of sp³-hybridized carbons (Fsp3) is 0.500. The lowest BCUT2D eigenvalue weighted by atomic mass is 9.97. The van der Waals surface area contributed by atoms with Crippen molar-refractivity contribution < 1.29 is 14.3 Å². The number of likely N-dealkylation sites (tertiary alicyclic amines) is 1. The molecule has 1 aromatic carbocycles. The molecule has 6 heteroatoms. The fourth-order valence-electron chi connectivity index (χ4n) is 3.93. The summed E-state index contributed by atoms with van der Waals surface area (Å²) in [5.41, 5.74) is 0. The van der Waals surface area contributed by atoms with Gasteiger partial charge in [0.25, 0.3) is 5.91 Å². The second kappa shape index (κ2) is 8.53. The summed E-state index contributed by atoms with van der Waals surface area (Å²) in [6.45, 7) is 6.93. The van der Waals surface area contributed by atoms with Crippen molar-refractivity contribution in [2.45, 2.75) is 44.9 Å². The van der Waals surface area contributed by atoms with Crippen LogP contribution in [0.2, 0.25) is 0 Å². The highest BCUT2D eigenvalue weighted by atomic mass is 32.1. The lowest BCUT2D eigenvalue weighted by Gasteiger charge is -2.37. The molecule has 0 aliphatic carbocycles. The van der Waals surface area contributed by atoms with E-state index in [-0.39, 0.29) is 18.1 Å². The van der Waals surface area contributed by atoms with E-state index in [0.717, 1.165) is 19.0 Å². The van der Waals surface area contributed by atoms with Gasteiger partial charge in [0.05, 0.1) is 6.04 Å². The number of nitrogens with one attached hydrogen (secondary N) is 1. The average Bonchev–Trinajstić information content (AvgIpc) is 3.23. The van der Waals surface area contributed by atoms with E-state index in [2.05, 4.69) is 34.7 Å². The van der Waals surface area contributed by atoms with Crippen LogP contribution in [-0.2, 0) is 4.79 Å².